The molecule has 0 heterocycles. The van der Waals surface area contributed by atoms with Crippen molar-refractivity contribution in [2.24, 2.45) is 5.73 Å². The summed E-state index contributed by atoms with van der Waals surface area (Å²) in [5.74, 6) is 0.551. The van der Waals surface area contributed by atoms with Gasteiger partial charge in [0.1, 0.15) is 0 Å². The normalized spacial score (nSPS) is 14.1. The van der Waals surface area contributed by atoms with Gasteiger partial charge in [-0.25, -0.2) is 0 Å². The number of alkyl halides is 1. The molecular formula is C7H12ClN. The molecule has 0 aliphatic heterocycles. The Morgan fingerprint density at radius 2 is 2.11 bits per heavy atom. The first kappa shape index (κ1) is 8.57. The van der Waals surface area contributed by atoms with Crippen molar-refractivity contribution < 1.29 is 0 Å². The van der Waals surface area contributed by atoms with E-state index in [0.29, 0.717) is 5.88 Å². The van der Waals surface area contributed by atoms with E-state index in [1.807, 2.05) is 26.0 Å². The topological polar surface area (TPSA) is 26.0 Å². The van der Waals surface area contributed by atoms with Crippen LogP contribution < -0.4 is 5.73 Å². The third kappa shape index (κ3) is 5.44. The Bertz CT molecular complexity index is 132. The van der Waals surface area contributed by atoms with Crippen molar-refractivity contribution in [2.45, 2.75) is 13.8 Å². The molecule has 0 spiro atoms. The van der Waals surface area contributed by atoms with E-state index in [1.165, 1.54) is 0 Å². The predicted molar refractivity (Wildman–Crippen MR) is 42.4 cm³/mol. The van der Waals surface area contributed by atoms with Crippen molar-refractivity contribution >= 4 is 11.6 Å². The fourth-order valence-electron chi connectivity index (χ4n) is 0.540. The second-order valence-corrected chi connectivity index (χ2v) is 2.30. The zero-order valence-corrected chi connectivity index (χ0v) is 6.57. The fraction of sp³-hybridized carbons (Fsp3) is 0.429. The van der Waals surface area contributed by atoms with Crippen LogP contribution in [0.15, 0.2) is 23.4 Å². The van der Waals surface area contributed by atoms with Crippen LogP contribution in [0.5, 0.6) is 0 Å². The monoisotopic (exact) mass is 145 g/mol. The number of halogens is 1. The van der Waals surface area contributed by atoms with E-state index in [1.54, 1.807) is 0 Å². The minimum Gasteiger partial charge on any atom is -0.402 e. The summed E-state index contributed by atoms with van der Waals surface area (Å²) in [6, 6.07) is 0. The standard InChI is InChI=1S/C7H12ClN/c1-6(3-4-8)5-7(2)9/h3,5H,4,9H2,1-2H3/b6-3-,7-5-. The SMILES string of the molecule is C/C(N)=C/C(C)=C\CCl. The highest BCUT2D eigenvalue weighted by molar-refractivity contribution is 6.18. The second kappa shape index (κ2) is 4.45. The Kier molecular flexibility index (Phi) is 4.24. The molecule has 52 valence electrons. The van der Waals surface area contributed by atoms with Crippen molar-refractivity contribution in [1.82, 2.24) is 0 Å². The van der Waals surface area contributed by atoms with Gasteiger partial charge in [0.15, 0.2) is 0 Å². The average molecular weight is 146 g/mol. The van der Waals surface area contributed by atoms with Crippen molar-refractivity contribution in [2.75, 3.05) is 5.88 Å². The molecule has 0 radical (unpaired) electrons. The second-order valence-electron chi connectivity index (χ2n) is 1.99. The summed E-state index contributed by atoms with van der Waals surface area (Å²) in [4.78, 5) is 0. The van der Waals surface area contributed by atoms with Gasteiger partial charge in [0, 0.05) is 11.6 Å². The lowest BCUT2D eigenvalue weighted by molar-refractivity contribution is 1.28. The molecule has 2 heteroatoms. The number of allylic oxidation sites excluding steroid dienone is 4. The van der Waals surface area contributed by atoms with Crippen LogP contribution in [0.1, 0.15) is 13.8 Å². The minimum absolute atomic E-state index is 0.551. The van der Waals surface area contributed by atoms with Gasteiger partial charge in [-0.2, -0.15) is 0 Å². The molecule has 2 N–H and O–H groups in total. The van der Waals surface area contributed by atoms with Gasteiger partial charge in [-0.15, -0.1) is 11.6 Å². The molecule has 0 aliphatic rings. The number of hydrogen-bond acceptors (Lipinski definition) is 1. The minimum atomic E-state index is 0.551. The maximum Gasteiger partial charge on any atom is 0.0409 e. The lowest BCUT2D eigenvalue weighted by atomic mass is 10.2. The Hall–Kier alpha value is -0.430. The van der Waals surface area contributed by atoms with Crippen LogP contribution in [0.25, 0.3) is 0 Å². The molecule has 0 rings (SSSR count). The molecule has 0 unspecified atom stereocenters. The first-order valence-corrected chi connectivity index (χ1v) is 3.36. The quantitative estimate of drug-likeness (QED) is 0.467. The Morgan fingerprint density at radius 3 is 2.44 bits per heavy atom. The first-order chi connectivity index (χ1) is 4.16. The van der Waals surface area contributed by atoms with Crippen LogP contribution in [-0.2, 0) is 0 Å². The van der Waals surface area contributed by atoms with Crippen LogP contribution in [0.4, 0.5) is 0 Å². The zero-order chi connectivity index (χ0) is 7.28. The molecular weight excluding hydrogens is 134 g/mol. The number of rotatable bonds is 2. The number of nitrogens with two attached hydrogens (primary N) is 1. The first-order valence-electron chi connectivity index (χ1n) is 2.83. The summed E-state index contributed by atoms with van der Waals surface area (Å²) in [7, 11) is 0. The van der Waals surface area contributed by atoms with Crippen molar-refractivity contribution in [3.63, 3.8) is 0 Å². The van der Waals surface area contributed by atoms with Crippen LogP contribution in [-0.4, -0.2) is 5.88 Å². The maximum absolute atomic E-state index is 5.43. The van der Waals surface area contributed by atoms with Gasteiger partial charge < -0.3 is 5.73 Å². The lowest BCUT2D eigenvalue weighted by Gasteiger charge is -1.90. The maximum atomic E-state index is 5.43. The molecule has 0 atom stereocenters. The summed E-state index contributed by atoms with van der Waals surface area (Å²) in [5.41, 5.74) is 7.33. The summed E-state index contributed by atoms with van der Waals surface area (Å²) >= 11 is 5.43. The van der Waals surface area contributed by atoms with Gasteiger partial charge in [0.05, 0.1) is 0 Å². The predicted octanol–water partition coefficient (Wildman–Crippen LogP) is 2.03. The molecule has 0 bridgehead atoms. The van der Waals surface area contributed by atoms with Gasteiger partial charge >= 0.3 is 0 Å². The van der Waals surface area contributed by atoms with Gasteiger partial charge in [-0.3, -0.25) is 0 Å². The summed E-state index contributed by atoms with van der Waals surface area (Å²) in [6.07, 6.45) is 3.81. The molecule has 0 aromatic heterocycles. The molecule has 0 aliphatic carbocycles. The fourth-order valence-corrected chi connectivity index (χ4v) is 0.783. The molecule has 0 aromatic rings. The Morgan fingerprint density at radius 1 is 1.56 bits per heavy atom. The molecule has 0 aromatic carbocycles. The third-order valence-corrected chi connectivity index (χ3v) is 1.01. The molecule has 0 fully saturated rings. The van der Waals surface area contributed by atoms with E-state index >= 15 is 0 Å². The van der Waals surface area contributed by atoms with E-state index in [4.69, 9.17) is 17.3 Å². The van der Waals surface area contributed by atoms with Crippen LogP contribution in [0, 0.1) is 0 Å². The van der Waals surface area contributed by atoms with Crippen LogP contribution in [0.2, 0.25) is 0 Å². The van der Waals surface area contributed by atoms with E-state index in [9.17, 15) is 0 Å². The van der Waals surface area contributed by atoms with Crippen molar-refractivity contribution in [3.8, 4) is 0 Å². The molecule has 1 nitrogen and oxygen atoms in total. The average Bonchev–Trinajstić information content (AvgIpc) is 1.63. The van der Waals surface area contributed by atoms with Crippen molar-refractivity contribution in [3.05, 3.63) is 23.4 Å². The lowest BCUT2D eigenvalue weighted by Crippen LogP contribution is -1.89. The Balaban J connectivity index is 3.90. The van der Waals surface area contributed by atoms with E-state index < -0.39 is 0 Å². The van der Waals surface area contributed by atoms with Crippen LogP contribution in [0.3, 0.4) is 0 Å². The van der Waals surface area contributed by atoms with Gasteiger partial charge in [0.2, 0.25) is 0 Å². The molecule has 0 saturated carbocycles. The summed E-state index contributed by atoms with van der Waals surface area (Å²) in [5, 5.41) is 0. The summed E-state index contributed by atoms with van der Waals surface area (Å²) in [6.45, 7) is 3.82. The largest absolute Gasteiger partial charge is 0.402 e. The highest BCUT2D eigenvalue weighted by Gasteiger charge is 1.80. The number of hydrogen-bond donors (Lipinski definition) is 1. The molecule has 9 heavy (non-hydrogen) atoms. The summed E-state index contributed by atoms with van der Waals surface area (Å²) < 4.78 is 0. The molecule has 0 saturated heterocycles. The van der Waals surface area contributed by atoms with E-state index in [2.05, 4.69) is 0 Å². The zero-order valence-electron chi connectivity index (χ0n) is 5.82. The van der Waals surface area contributed by atoms with Gasteiger partial charge in [-0.1, -0.05) is 11.6 Å². The van der Waals surface area contributed by atoms with Crippen LogP contribution >= 0.6 is 11.6 Å². The van der Waals surface area contributed by atoms with E-state index in [0.717, 1.165) is 11.3 Å². The smallest absolute Gasteiger partial charge is 0.0409 e. The highest BCUT2D eigenvalue weighted by atomic mass is 35.5. The van der Waals surface area contributed by atoms with Gasteiger partial charge in [0.25, 0.3) is 0 Å². The Labute approximate surface area is 61.2 Å². The van der Waals surface area contributed by atoms with Gasteiger partial charge in [-0.05, 0) is 19.9 Å². The highest BCUT2D eigenvalue weighted by Crippen LogP contribution is 1.97. The third-order valence-electron chi connectivity index (χ3n) is 0.854. The van der Waals surface area contributed by atoms with E-state index in [-0.39, 0.29) is 0 Å². The van der Waals surface area contributed by atoms with Crippen molar-refractivity contribution in [1.29, 1.82) is 0 Å². The molecule has 0 amide bonds.